The minimum Gasteiger partial charge on any atom is -0.497 e. The van der Waals surface area contributed by atoms with Gasteiger partial charge in [-0.3, -0.25) is 19.7 Å². The summed E-state index contributed by atoms with van der Waals surface area (Å²) < 4.78 is 11.0. The van der Waals surface area contributed by atoms with Gasteiger partial charge in [-0.25, -0.2) is 0 Å². The molecule has 0 bridgehead atoms. The van der Waals surface area contributed by atoms with Gasteiger partial charge in [-0.2, -0.15) is 0 Å². The van der Waals surface area contributed by atoms with E-state index >= 15 is 0 Å². The monoisotopic (exact) mass is 377 g/mol. The third kappa shape index (κ3) is 2.87. The fourth-order valence-electron chi connectivity index (χ4n) is 3.46. The van der Waals surface area contributed by atoms with Crippen molar-refractivity contribution in [1.29, 1.82) is 0 Å². The Hall–Kier alpha value is -3.74. The molecule has 2 aliphatic rings. The molecule has 0 saturated heterocycles. The van der Waals surface area contributed by atoms with E-state index in [1.54, 1.807) is 48.5 Å². The molecule has 0 unspecified atom stereocenters. The summed E-state index contributed by atoms with van der Waals surface area (Å²) >= 11 is 0. The van der Waals surface area contributed by atoms with Gasteiger partial charge >= 0.3 is 0 Å². The molecule has 0 spiro atoms. The summed E-state index contributed by atoms with van der Waals surface area (Å²) in [7, 11) is 1.52. The Morgan fingerprint density at radius 1 is 1.07 bits per heavy atom. The van der Waals surface area contributed by atoms with E-state index in [-0.39, 0.29) is 28.2 Å². The molecule has 0 aromatic heterocycles. The molecule has 0 saturated carbocycles. The highest BCUT2D eigenvalue weighted by molar-refractivity contribution is 6.27. The van der Waals surface area contributed by atoms with Gasteiger partial charge in [0.2, 0.25) is 12.3 Å². The number of nitrogens with zero attached hydrogens (tertiary/aromatic N) is 1. The molecule has 2 aromatic carbocycles. The first-order valence-corrected chi connectivity index (χ1v) is 8.58. The number of methoxy groups -OCH3 is 1. The highest BCUT2D eigenvalue weighted by Crippen LogP contribution is 2.39. The molecule has 0 amide bonds. The van der Waals surface area contributed by atoms with Crippen molar-refractivity contribution >= 4 is 17.3 Å². The van der Waals surface area contributed by atoms with E-state index < -0.39 is 29.0 Å². The molecular weight excluding hydrogens is 362 g/mol. The van der Waals surface area contributed by atoms with Gasteiger partial charge in [-0.15, -0.1) is 0 Å². The summed E-state index contributed by atoms with van der Waals surface area (Å²) in [5.41, 5.74) is 1.10. The molecule has 4 rings (SSSR count). The molecule has 7 heteroatoms. The molecule has 0 fully saturated rings. The first-order chi connectivity index (χ1) is 13.5. The van der Waals surface area contributed by atoms with Crippen molar-refractivity contribution in [2.75, 3.05) is 13.7 Å². The lowest BCUT2D eigenvalue weighted by molar-refractivity contribution is -0.484. The van der Waals surface area contributed by atoms with E-state index in [4.69, 9.17) is 9.47 Å². The second-order valence-corrected chi connectivity index (χ2v) is 6.43. The molecule has 1 aliphatic carbocycles. The maximum absolute atomic E-state index is 13.0. The Morgan fingerprint density at radius 3 is 2.46 bits per heavy atom. The quantitative estimate of drug-likeness (QED) is 0.599. The molecule has 7 nitrogen and oxygen atoms in total. The average molecular weight is 377 g/mol. The van der Waals surface area contributed by atoms with Crippen LogP contribution in [0, 0.1) is 16.0 Å². The number of Topliss-reactive ketones (excluding diaryl/α,β-unsaturated/α-hetero) is 2. The summed E-state index contributed by atoms with van der Waals surface area (Å²) in [6.07, 6.45) is 1.52. The van der Waals surface area contributed by atoms with Crippen molar-refractivity contribution < 1.29 is 24.0 Å². The molecular formula is C21H15NO6. The molecule has 1 heterocycles. The highest BCUT2D eigenvalue weighted by Gasteiger charge is 2.41. The Balaban J connectivity index is 1.83. The number of rotatable bonds is 4. The summed E-state index contributed by atoms with van der Waals surface area (Å²) in [5.74, 6) is -1.03. The van der Waals surface area contributed by atoms with E-state index in [0.29, 0.717) is 11.3 Å². The molecule has 1 atom stereocenters. The lowest BCUT2D eigenvalue weighted by atomic mass is 9.80. The van der Waals surface area contributed by atoms with Crippen LogP contribution in [-0.2, 0) is 4.74 Å². The normalized spacial score (nSPS) is 18.0. The van der Waals surface area contributed by atoms with Gasteiger partial charge in [0.05, 0.1) is 18.6 Å². The summed E-state index contributed by atoms with van der Waals surface area (Å²) in [6.45, 7) is -0.517. The van der Waals surface area contributed by atoms with Gasteiger partial charge in [-0.05, 0) is 18.2 Å². The maximum atomic E-state index is 13.0. The fraction of sp³-hybridized carbons (Fsp3) is 0.143. The second kappa shape index (κ2) is 6.77. The van der Waals surface area contributed by atoms with Crippen LogP contribution in [0.1, 0.15) is 26.3 Å². The van der Waals surface area contributed by atoms with Crippen molar-refractivity contribution in [3.05, 3.63) is 92.7 Å². The Bertz CT molecular complexity index is 1080. The van der Waals surface area contributed by atoms with Gasteiger partial charge in [0.1, 0.15) is 11.5 Å². The molecule has 2 aromatic rings. The third-order valence-electron chi connectivity index (χ3n) is 4.75. The molecule has 0 radical (unpaired) electrons. The van der Waals surface area contributed by atoms with E-state index in [9.17, 15) is 19.7 Å². The van der Waals surface area contributed by atoms with Crippen molar-refractivity contribution in [3.63, 3.8) is 0 Å². The number of ether oxygens (including phenoxy) is 2. The maximum Gasteiger partial charge on any atom is 0.229 e. The average Bonchev–Trinajstić information content (AvgIpc) is 2.71. The van der Waals surface area contributed by atoms with Crippen LogP contribution in [0.4, 0.5) is 0 Å². The standard InChI is InChI=1S/C21H15NO6/c1-27-14-6-4-5-12(9-14)17-10-13(11-22(25)26)18-19(23)15-7-2-3-8-16(15)20(24)21(18)28-17/h2-10,13H,11H2,1H3/t13-/m0/s1. The summed E-state index contributed by atoms with van der Waals surface area (Å²) in [4.78, 5) is 36.7. The Kier molecular flexibility index (Phi) is 4.27. The van der Waals surface area contributed by atoms with Crippen LogP contribution < -0.4 is 4.74 Å². The van der Waals surface area contributed by atoms with Gasteiger partial charge < -0.3 is 9.47 Å². The molecule has 1 aliphatic heterocycles. The number of carbonyl (C=O) groups excluding carboxylic acids is 2. The smallest absolute Gasteiger partial charge is 0.229 e. The van der Waals surface area contributed by atoms with Crippen molar-refractivity contribution in [1.82, 2.24) is 0 Å². The minimum atomic E-state index is -0.871. The summed E-state index contributed by atoms with van der Waals surface area (Å²) in [6, 6.07) is 13.3. The lowest BCUT2D eigenvalue weighted by Crippen LogP contribution is -2.32. The Morgan fingerprint density at radius 2 is 1.79 bits per heavy atom. The van der Waals surface area contributed by atoms with Crippen LogP contribution in [0.2, 0.25) is 0 Å². The number of carbonyl (C=O) groups is 2. The number of hydrogen-bond acceptors (Lipinski definition) is 6. The SMILES string of the molecule is COc1cccc(C2=C[C@@H](C[N+](=O)[O-])C3=C(O2)C(=O)c2ccccc2C3=O)c1. The van der Waals surface area contributed by atoms with Crippen molar-refractivity contribution in [3.8, 4) is 5.75 Å². The molecule has 0 N–H and O–H groups in total. The zero-order valence-corrected chi connectivity index (χ0v) is 14.9. The number of ketones is 2. The number of fused-ring (bicyclic) bond motifs is 1. The summed E-state index contributed by atoms with van der Waals surface area (Å²) in [5, 5.41) is 11.2. The fourth-order valence-corrected chi connectivity index (χ4v) is 3.46. The lowest BCUT2D eigenvalue weighted by Gasteiger charge is -2.28. The van der Waals surface area contributed by atoms with Crippen LogP contribution in [0.3, 0.4) is 0 Å². The van der Waals surface area contributed by atoms with Crippen molar-refractivity contribution in [2.24, 2.45) is 5.92 Å². The van der Waals surface area contributed by atoms with E-state index in [1.807, 2.05) is 0 Å². The first kappa shape index (κ1) is 17.7. The first-order valence-electron chi connectivity index (χ1n) is 8.58. The van der Waals surface area contributed by atoms with Crippen molar-refractivity contribution in [2.45, 2.75) is 0 Å². The predicted molar refractivity (Wildman–Crippen MR) is 99.5 cm³/mol. The zero-order chi connectivity index (χ0) is 19.8. The van der Waals surface area contributed by atoms with Crippen LogP contribution in [0.25, 0.3) is 5.76 Å². The second-order valence-electron chi connectivity index (χ2n) is 6.43. The third-order valence-corrected chi connectivity index (χ3v) is 4.75. The predicted octanol–water partition coefficient (Wildman–Crippen LogP) is 3.29. The molecule has 140 valence electrons. The largest absolute Gasteiger partial charge is 0.497 e. The minimum absolute atomic E-state index is 0.0343. The van der Waals surface area contributed by atoms with E-state index in [0.717, 1.165) is 0 Å². The van der Waals surface area contributed by atoms with E-state index in [2.05, 4.69) is 0 Å². The topological polar surface area (TPSA) is 95.7 Å². The Labute approximate surface area is 160 Å². The van der Waals surface area contributed by atoms with Gasteiger partial charge in [-0.1, -0.05) is 36.4 Å². The molecule has 28 heavy (non-hydrogen) atoms. The highest BCUT2D eigenvalue weighted by atomic mass is 16.6. The number of nitro groups is 1. The van der Waals surface area contributed by atoms with Gasteiger partial charge in [0.25, 0.3) is 0 Å². The van der Waals surface area contributed by atoms with E-state index in [1.165, 1.54) is 13.2 Å². The van der Waals surface area contributed by atoms with Gasteiger partial charge in [0, 0.05) is 21.6 Å². The van der Waals surface area contributed by atoms with Gasteiger partial charge in [0.15, 0.2) is 11.5 Å². The van der Waals surface area contributed by atoms with Crippen LogP contribution in [0.15, 0.2) is 65.9 Å². The number of benzene rings is 2. The number of allylic oxidation sites excluding steroid dienone is 1. The van der Waals surface area contributed by atoms with Crippen LogP contribution in [0.5, 0.6) is 5.75 Å². The zero-order valence-electron chi connectivity index (χ0n) is 14.9. The number of hydrogen-bond donors (Lipinski definition) is 0. The van der Waals surface area contributed by atoms with Crippen LogP contribution >= 0.6 is 0 Å². The van der Waals surface area contributed by atoms with Crippen LogP contribution in [-0.4, -0.2) is 30.1 Å².